The summed E-state index contributed by atoms with van der Waals surface area (Å²) in [7, 11) is -3.49. The van der Waals surface area contributed by atoms with Crippen LogP contribution in [0.5, 0.6) is 0 Å². The van der Waals surface area contributed by atoms with Gasteiger partial charge in [0.25, 0.3) is 0 Å². The number of hydrogen-bond donors (Lipinski definition) is 2. The molecule has 0 radical (unpaired) electrons. The number of aromatic nitrogens is 1. The predicted molar refractivity (Wildman–Crippen MR) is 138 cm³/mol. The molecule has 2 heterocycles. The highest BCUT2D eigenvalue weighted by molar-refractivity contribution is 14.0. The van der Waals surface area contributed by atoms with E-state index >= 15 is 0 Å². The van der Waals surface area contributed by atoms with Gasteiger partial charge in [-0.05, 0) is 38.3 Å². The third-order valence-corrected chi connectivity index (χ3v) is 7.93. The van der Waals surface area contributed by atoms with Crippen molar-refractivity contribution in [2.45, 2.75) is 51.0 Å². The lowest BCUT2D eigenvalue weighted by Gasteiger charge is -2.26. The first-order valence-corrected chi connectivity index (χ1v) is 12.8. The first-order valence-electron chi connectivity index (χ1n) is 10.5. The van der Waals surface area contributed by atoms with Gasteiger partial charge in [0.15, 0.2) is 5.96 Å². The summed E-state index contributed by atoms with van der Waals surface area (Å²) in [5.41, 5.74) is 0.718. The van der Waals surface area contributed by atoms with Crippen LogP contribution in [0.2, 0.25) is 0 Å². The SMILES string of the molecule is CCNC(=NCc1ccccc1S(=O)(=O)N1CCCCC1)NCCc1ncc(C)s1.I. The molecule has 7 nitrogen and oxygen atoms in total. The minimum absolute atomic E-state index is 0. The molecule has 2 aromatic rings. The van der Waals surface area contributed by atoms with E-state index in [1.165, 1.54) is 4.88 Å². The summed E-state index contributed by atoms with van der Waals surface area (Å²) in [5, 5.41) is 7.64. The van der Waals surface area contributed by atoms with Crippen LogP contribution >= 0.6 is 35.3 Å². The minimum Gasteiger partial charge on any atom is -0.357 e. The number of aryl methyl sites for hydroxylation is 1. The van der Waals surface area contributed by atoms with Crippen LogP contribution in [0.4, 0.5) is 0 Å². The van der Waals surface area contributed by atoms with E-state index in [9.17, 15) is 8.42 Å². The lowest BCUT2D eigenvalue weighted by Crippen LogP contribution is -2.38. The van der Waals surface area contributed by atoms with Crippen molar-refractivity contribution in [3.63, 3.8) is 0 Å². The largest absolute Gasteiger partial charge is 0.357 e. The number of aliphatic imine (C=N–C) groups is 1. The lowest BCUT2D eigenvalue weighted by atomic mass is 10.2. The molecule has 1 aliphatic rings. The van der Waals surface area contributed by atoms with Gasteiger partial charge in [0.1, 0.15) is 0 Å². The maximum Gasteiger partial charge on any atom is 0.243 e. The molecule has 1 aliphatic heterocycles. The Morgan fingerprint density at radius 1 is 1.19 bits per heavy atom. The molecule has 0 saturated carbocycles. The van der Waals surface area contributed by atoms with Gasteiger partial charge in [-0.1, -0.05) is 24.6 Å². The third kappa shape index (κ3) is 7.40. The van der Waals surface area contributed by atoms with Crippen molar-refractivity contribution in [1.82, 2.24) is 19.9 Å². The third-order valence-electron chi connectivity index (χ3n) is 4.96. The quantitative estimate of drug-likeness (QED) is 0.285. The monoisotopic (exact) mass is 577 g/mol. The molecule has 10 heteroatoms. The molecule has 2 N–H and O–H groups in total. The highest BCUT2D eigenvalue weighted by Crippen LogP contribution is 2.24. The Morgan fingerprint density at radius 2 is 1.94 bits per heavy atom. The van der Waals surface area contributed by atoms with E-state index in [1.54, 1.807) is 27.8 Å². The molecule has 1 aromatic heterocycles. The van der Waals surface area contributed by atoms with Crippen LogP contribution < -0.4 is 10.6 Å². The number of nitrogens with one attached hydrogen (secondary N) is 2. The number of thiazole rings is 1. The molecule has 0 atom stereocenters. The maximum absolute atomic E-state index is 13.1. The fourth-order valence-corrected chi connectivity index (χ4v) is 5.96. The second-order valence-corrected chi connectivity index (χ2v) is 10.5. The summed E-state index contributed by atoms with van der Waals surface area (Å²) in [6.07, 6.45) is 5.65. The van der Waals surface area contributed by atoms with Gasteiger partial charge in [0.2, 0.25) is 10.0 Å². The second kappa shape index (κ2) is 12.7. The summed E-state index contributed by atoms with van der Waals surface area (Å²) in [5.74, 6) is 0.677. The first kappa shape index (κ1) is 26.0. The van der Waals surface area contributed by atoms with E-state index in [-0.39, 0.29) is 24.0 Å². The average molecular weight is 578 g/mol. The van der Waals surface area contributed by atoms with E-state index in [2.05, 4.69) is 27.5 Å². The van der Waals surface area contributed by atoms with Gasteiger partial charge >= 0.3 is 0 Å². The van der Waals surface area contributed by atoms with E-state index in [4.69, 9.17) is 0 Å². The number of guanidine groups is 1. The molecule has 31 heavy (non-hydrogen) atoms. The topological polar surface area (TPSA) is 86.7 Å². The van der Waals surface area contributed by atoms with E-state index in [1.807, 2.05) is 25.3 Å². The van der Waals surface area contributed by atoms with E-state index in [0.717, 1.165) is 42.8 Å². The summed E-state index contributed by atoms with van der Waals surface area (Å²) >= 11 is 1.70. The summed E-state index contributed by atoms with van der Waals surface area (Å²) in [6.45, 7) is 7.00. The number of halogens is 1. The minimum atomic E-state index is -3.49. The van der Waals surface area contributed by atoms with Crippen LogP contribution in [-0.2, 0) is 23.0 Å². The Morgan fingerprint density at radius 3 is 2.61 bits per heavy atom. The Balaban J connectivity index is 0.00000341. The van der Waals surface area contributed by atoms with Crippen molar-refractivity contribution in [2.24, 2.45) is 4.99 Å². The van der Waals surface area contributed by atoms with Crippen molar-refractivity contribution < 1.29 is 8.42 Å². The van der Waals surface area contributed by atoms with Crippen LogP contribution in [0.15, 0.2) is 40.4 Å². The predicted octanol–water partition coefficient (Wildman–Crippen LogP) is 3.54. The van der Waals surface area contributed by atoms with Crippen molar-refractivity contribution in [2.75, 3.05) is 26.2 Å². The molecule has 1 saturated heterocycles. The van der Waals surface area contributed by atoms with Crippen molar-refractivity contribution in [3.8, 4) is 0 Å². The summed E-state index contributed by atoms with van der Waals surface area (Å²) < 4.78 is 27.9. The fraction of sp³-hybridized carbons (Fsp3) is 0.524. The molecule has 0 amide bonds. The Bertz CT molecular complexity index is 956. The molecular formula is C21H32IN5O2S2. The van der Waals surface area contributed by atoms with Crippen molar-refractivity contribution >= 4 is 51.3 Å². The number of sulfonamides is 1. The van der Waals surface area contributed by atoms with E-state index in [0.29, 0.717) is 37.0 Å². The first-order chi connectivity index (χ1) is 14.5. The van der Waals surface area contributed by atoms with Crippen LogP contribution in [-0.4, -0.2) is 49.8 Å². The highest BCUT2D eigenvalue weighted by atomic mass is 127. The van der Waals surface area contributed by atoms with Gasteiger partial charge in [0.05, 0.1) is 16.4 Å². The summed E-state index contributed by atoms with van der Waals surface area (Å²) in [6, 6.07) is 7.19. The molecule has 0 bridgehead atoms. The standard InChI is InChI=1S/C21H31N5O2S2.HI/c1-3-22-21(23-12-11-20-24-15-17(2)29-20)25-16-18-9-5-6-10-19(18)30(27,28)26-13-7-4-8-14-26;/h5-6,9-10,15H,3-4,7-8,11-14,16H2,1-2H3,(H2,22,23,25);1H. The smallest absolute Gasteiger partial charge is 0.243 e. The van der Waals surface area contributed by atoms with Crippen molar-refractivity contribution in [1.29, 1.82) is 0 Å². The molecule has 0 aliphatic carbocycles. The van der Waals surface area contributed by atoms with Gasteiger partial charge in [-0.25, -0.2) is 18.4 Å². The number of piperidine rings is 1. The molecule has 1 aromatic carbocycles. The van der Waals surface area contributed by atoms with Crippen molar-refractivity contribution in [3.05, 3.63) is 45.9 Å². The van der Waals surface area contributed by atoms with Crippen LogP contribution in [0.3, 0.4) is 0 Å². The van der Waals surface area contributed by atoms with Crippen LogP contribution in [0.1, 0.15) is 41.6 Å². The number of hydrogen-bond acceptors (Lipinski definition) is 5. The summed E-state index contributed by atoms with van der Waals surface area (Å²) in [4.78, 5) is 10.6. The van der Waals surface area contributed by atoms with Crippen LogP contribution in [0, 0.1) is 6.92 Å². The van der Waals surface area contributed by atoms with Gasteiger partial charge in [-0.3, -0.25) is 0 Å². The van der Waals surface area contributed by atoms with Gasteiger partial charge in [-0.2, -0.15) is 4.31 Å². The molecule has 3 rings (SSSR count). The zero-order valence-electron chi connectivity index (χ0n) is 18.1. The number of benzene rings is 1. The zero-order chi connectivity index (χ0) is 21.4. The molecule has 0 unspecified atom stereocenters. The average Bonchev–Trinajstić information content (AvgIpc) is 3.18. The normalized spacial score (nSPS) is 15.4. The molecule has 172 valence electrons. The Hall–Kier alpha value is -1.24. The number of nitrogens with zero attached hydrogens (tertiary/aromatic N) is 3. The second-order valence-electron chi connectivity index (χ2n) is 7.31. The molecular weight excluding hydrogens is 545 g/mol. The Kier molecular flexibility index (Phi) is 10.7. The molecule has 0 spiro atoms. The maximum atomic E-state index is 13.1. The highest BCUT2D eigenvalue weighted by Gasteiger charge is 2.27. The lowest BCUT2D eigenvalue weighted by molar-refractivity contribution is 0.346. The molecule has 1 fully saturated rings. The van der Waals surface area contributed by atoms with E-state index < -0.39 is 10.0 Å². The van der Waals surface area contributed by atoms with Crippen LogP contribution in [0.25, 0.3) is 0 Å². The Labute approximate surface area is 206 Å². The number of rotatable bonds is 8. The van der Waals surface area contributed by atoms with Gasteiger partial charge < -0.3 is 10.6 Å². The fourth-order valence-electron chi connectivity index (χ4n) is 3.44. The van der Waals surface area contributed by atoms with Gasteiger partial charge in [-0.15, -0.1) is 35.3 Å². The zero-order valence-corrected chi connectivity index (χ0v) is 22.1. The van der Waals surface area contributed by atoms with Gasteiger partial charge in [0, 0.05) is 43.7 Å².